The topological polar surface area (TPSA) is 37.8 Å². The quantitative estimate of drug-likeness (QED) is 0.842. The van der Waals surface area contributed by atoms with E-state index in [0.29, 0.717) is 6.54 Å². The Kier molecular flexibility index (Phi) is 2.69. The van der Waals surface area contributed by atoms with Gasteiger partial charge in [-0.2, -0.15) is 0 Å². The summed E-state index contributed by atoms with van der Waals surface area (Å²) < 4.78 is 13.1. The van der Waals surface area contributed by atoms with Crippen molar-refractivity contribution in [1.82, 2.24) is 9.97 Å². The number of halogens is 1. The fourth-order valence-electron chi connectivity index (χ4n) is 1.01. The maximum atomic E-state index is 13.1. The van der Waals surface area contributed by atoms with Gasteiger partial charge in [0.15, 0.2) is 11.6 Å². The highest BCUT2D eigenvalue weighted by atomic mass is 32.1. The van der Waals surface area contributed by atoms with Crippen LogP contribution in [0.2, 0.25) is 0 Å². The van der Waals surface area contributed by atoms with Crippen LogP contribution < -0.4 is 5.32 Å². The van der Waals surface area contributed by atoms with Crippen molar-refractivity contribution >= 4 is 17.2 Å². The van der Waals surface area contributed by atoms with Crippen LogP contribution in [0.1, 0.15) is 5.69 Å². The fraction of sp³-hybridized carbons (Fsp3) is 0.111. The second kappa shape index (κ2) is 4.15. The van der Waals surface area contributed by atoms with Gasteiger partial charge >= 0.3 is 0 Å². The third-order valence-corrected chi connectivity index (χ3v) is 2.31. The molecule has 0 amide bonds. The van der Waals surface area contributed by atoms with Crippen molar-refractivity contribution in [3.63, 3.8) is 0 Å². The highest BCUT2D eigenvalue weighted by Gasteiger charge is 2.01. The molecule has 0 unspecified atom stereocenters. The Balaban J connectivity index is 2.02. The molecule has 5 heteroatoms. The predicted molar refractivity (Wildman–Crippen MR) is 53.6 cm³/mol. The number of hydrogen-bond donors (Lipinski definition) is 1. The van der Waals surface area contributed by atoms with Gasteiger partial charge in [-0.1, -0.05) is 0 Å². The summed E-state index contributed by atoms with van der Waals surface area (Å²) in [6.45, 7) is 0.497. The zero-order valence-corrected chi connectivity index (χ0v) is 8.09. The standard InChI is InChI=1S/C9H8FN3S/c10-8-2-1-3-11-9(8)12-4-7-5-14-6-13-7/h1-3,5-6H,4H2,(H,11,12). The van der Waals surface area contributed by atoms with E-state index in [-0.39, 0.29) is 11.6 Å². The first-order chi connectivity index (χ1) is 6.86. The Morgan fingerprint density at radius 3 is 3.07 bits per heavy atom. The van der Waals surface area contributed by atoms with Crippen LogP contribution in [0.25, 0.3) is 0 Å². The molecular weight excluding hydrogens is 201 g/mol. The molecule has 14 heavy (non-hydrogen) atoms. The molecule has 0 spiro atoms. The van der Waals surface area contributed by atoms with Crippen molar-refractivity contribution in [3.8, 4) is 0 Å². The van der Waals surface area contributed by atoms with Gasteiger partial charge in [0.1, 0.15) is 0 Å². The van der Waals surface area contributed by atoms with Crippen molar-refractivity contribution in [2.24, 2.45) is 0 Å². The highest BCUT2D eigenvalue weighted by Crippen LogP contribution is 2.10. The first kappa shape index (κ1) is 9.08. The second-order valence-electron chi connectivity index (χ2n) is 2.67. The number of rotatable bonds is 3. The van der Waals surface area contributed by atoms with Crippen LogP contribution in [0.4, 0.5) is 10.2 Å². The summed E-state index contributed by atoms with van der Waals surface area (Å²) in [5.74, 6) is -0.0803. The summed E-state index contributed by atoms with van der Waals surface area (Å²) in [5.41, 5.74) is 2.63. The van der Waals surface area contributed by atoms with E-state index < -0.39 is 0 Å². The van der Waals surface area contributed by atoms with Gasteiger partial charge in [-0.05, 0) is 12.1 Å². The minimum absolute atomic E-state index is 0.264. The Hall–Kier alpha value is -1.49. The maximum absolute atomic E-state index is 13.1. The summed E-state index contributed by atoms with van der Waals surface area (Å²) in [6.07, 6.45) is 1.55. The molecule has 1 N–H and O–H groups in total. The van der Waals surface area contributed by atoms with Gasteiger partial charge in [0, 0.05) is 11.6 Å². The number of aromatic nitrogens is 2. The molecule has 3 nitrogen and oxygen atoms in total. The summed E-state index contributed by atoms with van der Waals surface area (Å²) >= 11 is 1.51. The van der Waals surface area contributed by atoms with Gasteiger partial charge in [0.05, 0.1) is 17.7 Å². The lowest BCUT2D eigenvalue weighted by molar-refractivity contribution is 0.624. The van der Waals surface area contributed by atoms with Gasteiger partial charge < -0.3 is 5.32 Å². The van der Waals surface area contributed by atoms with E-state index in [9.17, 15) is 4.39 Å². The van der Waals surface area contributed by atoms with Gasteiger partial charge in [0.2, 0.25) is 0 Å². The van der Waals surface area contributed by atoms with Gasteiger partial charge in [-0.25, -0.2) is 14.4 Å². The number of nitrogens with zero attached hydrogens (tertiary/aromatic N) is 2. The van der Waals surface area contributed by atoms with Crippen LogP contribution >= 0.6 is 11.3 Å². The van der Waals surface area contributed by atoms with Crippen LogP contribution in [0.3, 0.4) is 0 Å². The molecule has 0 fully saturated rings. The van der Waals surface area contributed by atoms with Gasteiger partial charge in [-0.15, -0.1) is 11.3 Å². The Morgan fingerprint density at radius 1 is 1.43 bits per heavy atom. The number of hydrogen-bond acceptors (Lipinski definition) is 4. The smallest absolute Gasteiger partial charge is 0.165 e. The molecule has 0 aliphatic rings. The maximum Gasteiger partial charge on any atom is 0.165 e. The molecule has 2 rings (SSSR count). The van der Waals surface area contributed by atoms with E-state index in [2.05, 4.69) is 15.3 Å². The number of anilines is 1. The van der Waals surface area contributed by atoms with Crippen molar-refractivity contribution in [2.45, 2.75) is 6.54 Å². The molecule has 2 heterocycles. The average Bonchev–Trinajstić information content (AvgIpc) is 2.69. The number of nitrogens with one attached hydrogen (secondary N) is 1. The molecule has 0 radical (unpaired) electrons. The Morgan fingerprint density at radius 2 is 2.36 bits per heavy atom. The molecular formula is C9H8FN3S. The van der Waals surface area contributed by atoms with Crippen molar-refractivity contribution < 1.29 is 4.39 Å². The number of thiazole rings is 1. The summed E-state index contributed by atoms with van der Waals surface area (Å²) in [6, 6.07) is 2.93. The Labute approximate surface area is 84.6 Å². The van der Waals surface area contributed by atoms with Gasteiger partial charge in [0.25, 0.3) is 0 Å². The monoisotopic (exact) mass is 209 g/mol. The second-order valence-corrected chi connectivity index (χ2v) is 3.39. The largest absolute Gasteiger partial charge is 0.362 e. The van der Waals surface area contributed by atoms with Crippen LogP contribution in [0.15, 0.2) is 29.2 Å². The minimum Gasteiger partial charge on any atom is -0.362 e. The Bertz CT molecular complexity index is 402. The molecule has 0 aliphatic heterocycles. The van der Waals surface area contributed by atoms with Crippen molar-refractivity contribution in [1.29, 1.82) is 0 Å². The lowest BCUT2D eigenvalue weighted by Gasteiger charge is -2.03. The molecule has 72 valence electrons. The summed E-state index contributed by atoms with van der Waals surface area (Å²) in [5, 5.41) is 4.78. The molecule has 0 bridgehead atoms. The highest BCUT2D eigenvalue weighted by molar-refractivity contribution is 7.07. The van der Waals surface area contributed by atoms with Crippen LogP contribution in [-0.2, 0) is 6.54 Å². The zero-order chi connectivity index (χ0) is 9.80. The fourth-order valence-corrected chi connectivity index (χ4v) is 1.57. The lowest BCUT2D eigenvalue weighted by Crippen LogP contribution is -2.03. The van der Waals surface area contributed by atoms with Crippen LogP contribution in [-0.4, -0.2) is 9.97 Å². The first-order valence-corrected chi connectivity index (χ1v) is 5.02. The third kappa shape index (κ3) is 2.05. The van der Waals surface area contributed by atoms with E-state index in [1.54, 1.807) is 17.8 Å². The minimum atomic E-state index is -0.345. The van der Waals surface area contributed by atoms with E-state index in [1.807, 2.05) is 5.38 Å². The van der Waals surface area contributed by atoms with Gasteiger partial charge in [-0.3, -0.25) is 0 Å². The van der Waals surface area contributed by atoms with E-state index in [1.165, 1.54) is 17.4 Å². The van der Waals surface area contributed by atoms with E-state index in [4.69, 9.17) is 0 Å². The van der Waals surface area contributed by atoms with Crippen LogP contribution in [0, 0.1) is 5.82 Å². The third-order valence-electron chi connectivity index (χ3n) is 1.68. The van der Waals surface area contributed by atoms with E-state index >= 15 is 0 Å². The lowest BCUT2D eigenvalue weighted by atomic mass is 10.4. The first-order valence-electron chi connectivity index (χ1n) is 4.08. The van der Waals surface area contributed by atoms with Crippen molar-refractivity contribution in [3.05, 3.63) is 40.7 Å². The molecule has 0 aliphatic carbocycles. The number of pyridine rings is 1. The van der Waals surface area contributed by atoms with E-state index in [0.717, 1.165) is 5.69 Å². The molecule has 0 atom stereocenters. The molecule has 2 aromatic heterocycles. The summed E-state index contributed by atoms with van der Waals surface area (Å²) in [4.78, 5) is 7.93. The molecule has 2 aromatic rings. The molecule has 0 saturated heterocycles. The molecule has 0 aromatic carbocycles. The SMILES string of the molecule is Fc1cccnc1NCc1cscn1. The molecule has 0 saturated carbocycles. The van der Waals surface area contributed by atoms with Crippen molar-refractivity contribution in [2.75, 3.05) is 5.32 Å². The summed E-state index contributed by atoms with van der Waals surface area (Å²) in [7, 11) is 0. The normalized spacial score (nSPS) is 10.1. The van der Waals surface area contributed by atoms with Crippen LogP contribution in [0.5, 0.6) is 0 Å². The zero-order valence-electron chi connectivity index (χ0n) is 7.27. The predicted octanol–water partition coefficient (Wildman–Crippen LogP) is 2.29. The average molecular weight is 209 g/mol.